The highest BCUT2D eigenvalue weighted by atomic mass is 32.1. The van der Waals surface area contributed by atoms with E-state index in [-0.39, 0.29) is 11.9 Å². The summed E-state index contributed by atoms with van der Waals surface area (Å²) < 4.78 is 5.07. The number of aryl methyl sites for hydroxylation is 2. The van der Waals surface area contributed by atoms with Crippen molar-refractivity contribution >= 4 is 46.1 Å². The Balaban J connectivity index is 1.78. The number of benzene rings is 1. The van der Waals surface area contributed by atoms with Crippen LogP contribution in [0.2, 0.25) is 0 Å². The summed E-state index contributed by atoms with van der Waals surface area (Å²) in [5.74, 6) is 0.763. The normalized spacial score (nSPS) is 16.7. The number of amides is 1. The number of rotatable bonds is 4. The van der Waals surface area contributed by atoms with Gasteiger partial charge < -0.3 is 15.2 Å². The van der Waals surface area contributed by atoms with Crippen LogP contribution in [0.1, 0.15) is 29.2 Å². The maximum absolute atomic E-state index is 13.3. The number of hydrogen-bond acceptors (Lipinski definition) is 5. The van der Waals surface area contributed by atoms with Gasteiger partial charge in [0.15, 0.2) is 10.9 Å². The molecule has 0 saturated heterocycles. The molecule has 1 aliphatic rings. The molecule has 148 valence electrons. The Morgan fingerprint density at radius 3 is 2.62 bits per heavy atom. The molecule has 1 amide bonds. The number of carbonyl (C=O) groups is 1. The molecule has 0 saturated carbocycles. The average Bonchev–Trinajstić information content (AvgIpc) is 3.34. The highest BCUT2D eigenvalue weighted by Crippen LogP contribution is 2.35. The zero-order chi connectivity index (χ0) is 20.5. The second kappa shape index (κ2) is 7.81. The van der Waals surface area contributed by atoms with E-state index in [4.69, 9.17) is 16.7 Å². The molecule has 8 heteroatoms. The van der Waals surface area contributed by atoms with Crippen LogP contribution in [0.25, 0.3) is 0 Å². The van der Waals surface area contributed by atoms with Gasteiger partial charge in [-0.3, -0.25) is 9.69 Å². The third-order valence-corrected chi connectivity index (χ3v) is 5.96. The SMILES string of the molecule is CC1=C(C(=O)Nc2cc(C)on2)C(c2cccs2)NC(=S)N1c1ccc(C)cc1. The molecule has 0 radical (unpaired) electrons. The van der Waals surface area contributed by atoms with Crippen LogP contribution in [-0.4, -0.2) is 16.2 Å². The van der Waals surface area contributed by atoms with Crippen molar-refractivity contribution in [2.75, 3.05) is 10.2 Å². The lowest BCUT2D eigenvalue weighted by Gasteiger charge is -2.37. The minimum absolute atomic E-state index is 0.249. The van der Waals surface area contributed by atoms with E-state index in [1.54, 1.807) is 24.3 Å². The Morgan fingerprint density at radius 1 is 1.24 bits per heavy atom. The van der Waals surface area contributed by atoms with Crippen LogP contribution in [0.4, 0.5) is 11.5 Å². The molecule has 3 heterocycles. The van der Waals surface area contributed by atoms with Crippen LogP contribution >= 0.6 is 23.6 Å². The third kappa shape index (κ3) is 3.81. The summed E-state index contributed by atoms with van der Waals surface area (Å²) >= 11 is 7.24. The van der Waals surface area contributed by atoms with Crippen molar-refractivity contribution in [3.8, 4) is 0 Å². The van der Waals surface area contributed by atoms with E-state index < -0.39 is 0 Å². The lowest BCUT2D eigenvalue weighted by molar-refractivity contribution is -0.113. The fourth-order valence-corrected chi connectivity index (χ4v) is 4.46. The van der Waals surface area contributed by atoms with Gasteiger partial charge in [0.2, 0.25) is 0 Å². The quantitative estimate of drug-likeness (QED) is 0.592. The topological polar surface area (TPSA) is 70.4 Å². The smallest absolute Gasteiger partial charge is 0.257 e. The second-order valence-corrected chi connectivity index (χ2v) is 8.21. The lowest BCUT2D eigenvalue weighted by atomic mass is 9.99. The van der Waals surface area contributed by atoms with Crippen molar-refractivity contribution in [1.82, 2.24) is 10.5 Å². The molecule has 1 aliphatic heterocycles. The zero-order valence-electron chi connectivity index (χ0n) is 16.2. The van der Waals surface area contributed by atoms with E-state index in [1.807, 2.05) is 60.5 Å². The standard InChI is InChI=1S/C21H20N4O2S2/c1-12-6-8-15(9-7-12)25-14(3)18(20(26)22-17-11-13(2)27-24-17)19(23-21(25)28)16-5-4-10-29-16/h4-11,19H,1-3H3,(H,23,28)(H,22,24,26). The number of hydrogen-bond donors (Lipinski definition) is 2. The second-order valence-electron chi connectivity index (χ2n) is 6.84. The summed E-state index contributed by atoms with van der Waals surface area (Å²) in [7, 11) is 0. The summed E-state index contributed by atoms with van der Waals surface area (Å²) in [6.45, 7) is 5.72. The van der Waals surface area contributed by atoms with Gasteiger partial charge in [-0.15, -0.1) is 11.3 Å². The first kappa shape index (κ1) is 19.4. The first-order chi connectivity index (χ1) is 13.9. The molecule has 2 aromatic heterocycles. The number of nitrogens with one attached hydrogen (secondary N) is 2. The van der Waals surface area contributed by atoms with Crippen LogP contribution in [0, 0.1) is 13.8 Å². The van der Waals surface area contributed by atoms with Crippen molar-refractivity contribution < 1.29 is 9.32 Å². The molecule has 0 fully saturated rings. The van der Waals surface area contributed by atoms with Crippen molar-refractivity contribution in [3.63, 3.8) is 0 Å². The van der Waals surface area contributed by atoms with Gasteiger partial charge in [0.25, 0.3) is 5.91 Å². The monoisotopic (exact) mass is 424 g/mol. The number of nitrogens with zero attached hydrogens (tertiary/aromatic N) is 2. The largest absolute Gasteiger partial charge is 0.360 e. The maximum Gasteiger partial charge on any atom is 0.257 e. The molecule has 0 aliphatic carbocycles. The number of anilines is 2. The van der Waals surface area contributed by atoms with E-state index in [1.165, 1.54) is 0 Å². The van der Waals surface area contributed by atoms with Gasteiger partial charge in [0.1, 0.15) is 5.76 Å². The van der Waals surface area contributed by atoms with Gasteiger partial charge in [-0.1, -0.05) is 28.9 Å². The van der Waals surface area contributed by atoms with E-state index in [0.717, 1.165) is 21.8 Å². The van der Waals surface area contributed by atoms with Crippen LogP contribution in [0.15, 0.2) is 63.6 Å². The molecule has 1 unspecified atom stereocenters. The molecule has 1 aromatic carbocycles. The van der Waals surface area contributed by atoms with Gasteiger partial charge in [-0.05, 0) is 56.6 Å². The summed E-state index contributed by atoms with van der Waals surface area (Å²) in [4.78, 5) is 16.2. The Hall–Kier alpha value is -2.97. The van der Waals surface area contributed by atoms with Crippen LogP contribution in [0.5, 0.6) is 0 Å². The van der Waals surface area contributed by atoms with Crippen molar-refractivity contribution in [2.45, 2.75) is 26.8 Å². The van der Waals surface area contributed by atoms with E-state index in [0.29, 0.717) is 22.3 Å². The molecule has 4 rings (SSSR count). The minimum Gasteiger partial charge on any atom is -0.360 e. The highest BCUT2D eigenvalue weighted by molar-refractivity contribution is 7.80. The molecular weight excluding hydrogens is 404 g/mol. The predicted molar refractivity (Wildman–Crippen MR) is 119 cm³/mol. The Morgan fingerprint density at radius 2 is 2.00 bits per heavy atom. The van der Waals surface area contributed by atoms with E-state index in [9.17, 15) is 4.79 Å². The summed E-state index contributed by atoms with van der Waals surface area (Å²) in [6, 6.07) is 13.3. The number of allylic oxidation sites excluding steroid dienone is 1. The Labute approximate surface area is 178 Å². The third-order valence-electron chi connectivity index (χ3n) is 4.72. The van der Waals surface area contributed by atoms with Gasteiger partial charge in [-0.2, -0.15) is 0 Å². The molecule has 0 spiro atoms. The molecule has 0 bridgehead atoms. The van der Waals surface area contributed by atoms with Gasteiger partial charge in [0.05, 0.1) is 11.6 Å². The molecule has 29 heavy (non-hydrogen) atoms. The number of aromatic nitrogens is 1. The number of thiophene rings is 1. The van der Waals surface area contributed by atoms with E-state index in [2.05, 4.69) is 15.8 Å². The molecule has 6 nitrogen and oxygen atoms in total. The molecule has 1 atom stereocenters. The fourth-order valence-electron chi connectivity index (χ4n) is 3.32. The van der Waals surface area contributed by atoms with Crippen molar-refractivity contribution in [1.29, 1.82) is 0 Å². The van der Waals surface area contributed by atoms with Crippen molar-refractivity contribution in [2.24, 2.45) is 0 Å². The first-order valence-electron chi connectivity index (χ1n) is 9.10. The Bertz CT molecular complexity index is 1080. The molecular formula is C21H20N4O2S2. The lowest BCUT2D eigenvalue weighted by Crippen LogP contribution is -2.48. The van der Waals surface area contributed by atoms with Gasteiger partial charge in [-0.25, -0.2) is 0 Å². The average molecular weight is 425 g/mol. The summed E-state index contributed by atoms with van der Waals surface area (Å²) in [5, 5.41) is 12.6. The fraction of sp³-hybridized carbons (Fsp3) is 0.190. The first-order valence-corrected chi connectivity index (χ1v) is 10.4. The maximum atomic E-state index is 13.3. The number of thiocarbonyl (C=S) groups is 1. The van der Waals surface area contributed by atoms with Crippen LogP contribution in [-0.2, 0) is 4.79 Å². The zero-order valence-corrected chi connectivity index (χ0v) is 17.9. The Kier molecular flexibility index (Phi) is 5.21. The predicted octanol–water partition coefficient (Wildman–Crippen LogP) is 4.70. The van der Waals surface area contributed by atoms with Gasteiger partial charge >= 0.3 is 0 Å². The minimum atomic E-state index is -0.336. The van der Waals surface area contributed by atoms with Crippen LogP contribution < -0.4 is 15.5 Å². The molecule has 2 N–H and O–H groups in total. The number of carbonyl (C=O) groups excluding carboxylic acids is 1. The van der Waals surface area contributed by atoms with E-state index >= 15 is 0 Å². The highest BCUT2D eigenvalue weighted by Gasteiger charge is 2.35. The summed E-state index contributed by atoms with van der Waals surface area (Å²) in [5.41, 5.74) is 3.41. The molecule has 3 aromatic rings. The van der Waals surface area contributed by atoms with Crippen molar-refractivity contribution in [3.05, 3.63) is 75.3 Å². The van der Waals surface area contributed by atoms with Crippen LogP contribution in [0.3, 0.4) is 0 Å². The van der Waals surface area contributed by atoms with Gasteiger partial charge in [0, 0.05) is 22.3 Å². The summed E-state index contributed by atoms with van der Waals surface area (Å²) in [6.07, 6.45) is 0.